The smallest absolute Gasteiger partial charge is 0.256 e. The fourth-order valence-electron chi connectivity index (χ4n) is 3.24. The first-order chi connectivity index (χ1) is 15.0. The van der Waals surface area contributed by atoms with E-state index in [1.165, 1.54) is 53.0 Å². The van der Waals surface area contributed by atoms with E-state index in [0.29, 0.717) is 34.0 Å². The number of carbonyl (C=O) groups is 1. The third kappa shape index (κ3) is 4.26. The molecule has 0 atom stereocenters. The summed E-state index contributed by atoms with van der Waals surface area (Å²) in [5.74, 6) is -0.819. The lowest BCUT2D eigenvalue weighted by molar-refractivity contribution is -0.130. The van der Waals surface area contributed by atoms with Crippen molar-refractivity contribution in [3.8, 4) is 22.6 Å². The Bertz CT molecular complexity index is 1220. The lowest BCUT2D eigenvalue weighted by Gasteiger charge is -2.10. The predicted octanol–water partition coefficient (Wildman–Crippen LogP) is 2.88. The van der Waals surface area contributed by atoms with E-state index in [2.05, 4.69) is 25.4 Å². The number of hydrogen-bond acceptors (Lipinski definition) is 5. The zero-order chi connectivity index (χ0) is 22.0. The quantitative estimate of drug-likeness (QED) is 0.456. The first-order valence-electron chi connectivity index (χ1n) is 9.21. The third-order valence-corrected chi connectivity index (χ3v) is 4.52. The van der Waals surface area contributed by atoms with Crippen LogP contribution in [0.15, 0.2) is 48.9 Å². The van der Waals surface area contributed by atoms with E-state index in [-0.39, 0.29) is 6.42 Å². The van der Waals surface area contributed by atoms with E-state index < -0.39 is 24.7 Å². The number of nitrogens with one attached hydrogen (secondary N) is 1. The first-order valence-corrected chi connectivity index (χ1v) is 9.21. The largest absolute Gasteiger partial charge is 0.323 e. The van der Waals surface area contributed by atoms with Crippen LogP contribution in [-0.4, -0.2) is 43.6 Å². The molecule has 0 unspecified atom stereocenters. The molecule has 4 rings (SSSR count). The monoisotopic (exact) mass is 430 g/mol. The molecule has 1 aromatic carbocycles. The van der Waals surface area contributed by atoms with E-state index in [1.54, 1.807) is 12.1 Å². The van der Waals surface area contributed by atoms with Gasteiger partial charge < -0.3 is 4.57 Å². The summed E-state index contributed by atoms with van der Waals surface area (Å²) in [6.07, 6.45) is 0.136. The summed E-state index contributed by atoms with van der Waals surface area (Å²) in [5, 5.41) is 4.52. The molecule has 8 nitrogen and oxygen atoms in total. The number of hydroxylamine groups is 1. The molecular formula is C20H17F3N6O2. The second kappa shape index (κ2) is 8.56. The minimum absolute atomic E-state index is 0.0490. The van der Waals surface area contributed by atoms with Crippen molar-refractivity contribution < 1.29 is 22.8 Å². The molecule has 0 saturated heterocycles. The number of benzene rings is 1. The van der Waals surface area contributed by atoms with Crippen LogP contribution in [0.3, 0.4) is 0 Å². The number of aromatic nitrogens is 5. The van der Waals surface area contributed by atoms with Gasteiger partial charge in [-0.1, -0.05) is 0 Å². The third-order valence-electron chi connectivity index (χ3n) is 4.52. The van der Waals surface area contributed by atoms with Gasteiger partial charge in [-0.15, -0.1) is 0 Å². The normalized spacial score (nSPS) is 11.4. The Morgan fingerprint density at radius 3 is 2.65 bits per heavy atom. The number of hydrogen-bond donors (Lipinski definition) is 1. The van der Waals surface area contributed by atoms with Gasteiger partial charge in [0.2, 0.25) is 5.91 Å². The molecular weight excluding hydrogens is 413 g/mol. The molecule has 1 amide bonds. The molecule has 0 radical (unpaired) electrons. The van der Waals surface area contributed by atoms with Crippen LogP contribution < -0.4 is 5.48 Å². The first kappa shape index (κ1) is 20.5. The number of nitrogens with zero attached hydrogens (tertiary/aromatic N) is 5. The van der Waals surface area contributed by atoms with Gasteiger partial charge in [-0.25, -0.2) is 33.1 Å². The Kier molecular flexibility index (Phi) is 5.67. The molecule has 160 valence electrons. The van der Waals surface area contributed by atoms with Crippen LogP contribution in [0, 0.1) is 5.82 Å². The lowest BCUT2D eigenvalue weighted by atomic mass is 10.1. The number of rotatable bonds is 7. The van der Waals surface area contributed by atoms with Gasteiger partial charge in [0.1, 0.15) is 11.5 Å². The molecule has 0 saturated carbocycles. The number of imidazole rings is 2. The van der Waals surface area contributed by atoms with Gasteiger partial charge in [0.25, 0.3) is 6.43 Å². The molecule has 3 aromatic heterocycles. The zero-order valence-electron chi connectivity index (χ0n) is 16.3. The fourth-order valence-corrected chi connectivity index (χ4v) is 3.24. The summed E-state index contributed by atoms with van der Waals surface area (Å²) in [6.45, 7) is -0.587. The van der Waals surface area contributed by atoms with Gasteiger partial charge in [-0.05, 0) is 36.4 Å². The highest BCUT2D eigenvalue weighted by Gasteiger charge is 2.20. The maximum absolute atomic E-state index is 13.4. The Morgan fingerprint density at radius 1 is 1.16 bits per heavy atom. The Balaban J connectivity index is 1.83. The second-order valence-corrected chi connectivity index (χ2v) is 6.64. The molecule has 0 aliphatic carbocycles. The number of carbonyl (C=O) groups excluding carboxylic acids is 1. The molecule has 0 aliphatic rings. The van der Waals surface area contributed by atoms with Crippen LogP contribution in [0.25, 0.3) is 28.3 Å². The Labute approximate surface area is 174 Å². The van der Waals surface area contributed by atoms with E-state index in [4.69, 9.17) is 0 Å². The Morgan fingerprint density at radius 2 is 1.94 bits per heavy atom. The summed E-state index contributed by atoms with van der Waals surface area (Å²) < 4.78 is 42.5. The SMILES string of the molecule is CONC(=O)Cc1cnc2ccc(-c3c(-c4ccc(F)cc4)ncn3CC(F)F)nn12. The maximum Gasteiger partial charge on any atom is 0.256 e. The standard InChI is InChI=1S/C20H17F3N6O2/c1-31-27-18(30)8-14-9-24-17-7-6-15(26-29(14)17)20-19(12-2-4-13(21)5-3-12)25-11-28(20)10-16(22)23/h2-7,9,11,16H,8,10H2,1H3,(H,27,30). The lowest BCUT2D eigenvalue weighted by Crippen LogP contribution is -2.24. The van der Waals surface area contributed by atoms with Crippen molar-refractivity contribution >= 4 is 11.6 Å². The average Bonchev–Trinajstić information content (AvgIpc) is 3.32. The van der Waals surface area contributed by atoms with Gasteiger partial charge in [0.15, 0.2) is 5.65 Å². The highest BCUT2D eigenvalue weighted by Crippen LogP contribution is 2.31. The van der Waals surface area contributed by atoms with Crippen molar-refractivity contribution in [2.24, 2.45) is 0 Å². The number of amides is 1. The highest BCUT2D eigenvalue weighted by atomic mass is 19.3. The van der Waals surface area contributed by atoms with Crippen molar-refractivity contribution in [2.45, 2.75) is 19.4 Å². The van der Waals surface area contributed by atoms with E-state index in [9.17, 15) is 18.0 Å². The molecule has 0 bridgehead atoms. The number of halogens is 3. The molecule has 0 spiro atoms. The van der Waals surface area contributed by atoms with Crippen LogP contribution in [0.4, 0.5) is 13.2 Å². The van der Waals surface area contributed by atoms with Crippen LogP contribution in [-0.2, 0) is 22.6 Å². The topological polar surface area (TPSA) is 86.3 Å². The van der Waals surface area contributed by atoms with Crippen LogP contribution in [0.5, 0.6) is 0 Å². The zero-order valence-corrected chi connectivity index (χ0v) is 16.3. The summed E-state index contributed by atoms with van der Waals surface area (Å²) in [6, 6.07) is 8.87. The number of fused-ring (bicyclic) bond motifs is 1. The van der Waals surface area contributed by atoms with Gasteiger partial charge >= 0.3 is 0 Å². The van der Waals surface area contributed by atoms with Crippen LogP contribution in [0.2, 0.25) is 0 Å². The highest BCUT2D eigenvalue weighted by molar-refractivity contribution is 5.78. The maximum atomic E-state index is 13.4. The van der Waals surface area contributed by atoms with Gasteiger partial charge in [0, 0.05) is 5.56 Å². The molecule has 0 aliphatic heterocycles. The van der Waals surface area contributed by atoms with Crippen LogP contribution in [0.1, 0.15) is 5.69 Å². The van der Waals surface area contributed by atoms with Crippen molar-refractivity contribution in [1.29, 1.82) is 0 Å². The summed E-state index contributed by atoms with van der Waals surface area (Å²) in [5.41, 5.74) is 4.80. The van der Waals surface area contributed by atoms with Crippen molar-refractivity contribution in [3.63, 3.8) is 0 Å². The van der Waals surface area contributed by atoms with Crippen molar-refractivity contribution in [1.82, 2.24) is 29.6 Å². The molecule has 11 heteroatoms. The van der Waals surface area contributed by atoms with Gasteiger partial charge in [-0.3, -0.25) is 9.63 Å². The molecule has 4 aromatic rings. The van der Waals surface area contributed by atoms with E-state index in [1.807, 2.05) is 0 Å². The van der Waals surface area contributed by atoms with E-state index >= 15 is 0 Å². The second-order valence-electron chi connectivity index (χ2n) is 6.64. The van der Waals surface area contributed by atoms with Gasteiger partial charge in [-0.2, -0.15) is 5.10 Å². The Hall–Kier alpha value is -3.73. The molecule has 31 heavy (non-hydrogen) atoms. The molecule has 0 fully saturated rings. The minimum atomic E-state index is -2.61. The van der Waals surface area contributed by atoms with Crippen LogP contribution >= 0.6 is 0 Å². The van der Waals surface area contributed by atoms with Gasteiger partial charge in [0.05, 0.1) is 49.7 Å². The predicted molar refractivity (Wildman–Crippen MR) is 104 cm³/mol. The number of alkyl halides is 2. The van der Waals surface area contributed by atoms with Crippen molar-refractivity contribution in [3.05, 3.63) is 60.4 Å². The molecule has 1 N–H and O–H groups in total. The average molecular weight is 430 g/mol. The van der Waals surface area contributed by atoms with Crippen molar-refractivity contribution in [2.75, 3.05) is 7.11 Å². The summed E-state index contributed by atoms with van der Waals surface area (Å²) in [4.78, 5) is 25.0. The fraction of sp³-hybridized carbons (Fsp3) is 0.200. The summed E-state index contributed by atoms with van der Waals surface area (Å²) in [7, 11) is 1.32. The molecule has 3 heterocycles. The minimum Gasteiger partial charge on any atom is -0.323 e. The summed E-state index contributed by atoms with van der Waals surface area (Å²) >= 11 is 0. The van der Waals surface area contributed by atoms with E-state index in [0.717, 1.165) is 0 Å².